The van der Waals surface area contributed by atoms with Gasteiger partial charge < -0.3 is 34.3 Å². The van der Waals surface area contributed by atoms with Gasteiger partial charge in [-0.2, -0.15) is 0 Å². The molecule has 2 aliphatic heterocycles. The average molecular weight is 490 g/mol. The highest BCUT2D eigenvalue weighted by Crippen LogP contribution is 2.26. The molecule has 1 atom stereocenters. The van der Waals surface area contributed by atoms with Gasteiger partial charge in [-0.25, -0.2) is 4.98 Å². The lowest BCUT2D eigenvalue weighted by Gasteiger charge is -2.31. The Balaban J connectivity index is 1.67. The van der Waals surface area contributed by atoms with Crippen molar-refractivity contribution >= 4 is 38.1 Å². The highest BCUT2D eigenvalue weighted by molar-refractivity contribution is 6.76. The van der Waals surface area contributed by atoms with Gasteiger partial charge in [0.25, 0.3) is 0 Å². The first kappa shape index (κ1) is 23.8. The van der Waals surface area contributed by atoms with Crippen LogP contribution in [0.1, 0.15) is 18.7 Å². The van der Waals surface area contributed by atoms with E-state index in [0.29, 0.717) is 29.7 Å². The molecule has 0 saturated carbocycles. The van der Waals surface area contributed by atoms with Crippen LogP contribution in [0.3, 0.4) is 0 Å². The smallest absolute Gasteiger partial charge is 0.463 e. The number of hydrogen-bond donors (Lipinski definition) is 3. The van der Waals surface area contributed by atoms with E-state index in [9.17, 15) is 10.0 Å². The zero-order valence-electron chi connectivity index (χ0n) is 19.2. The van der Waals surface area contributed by atoms with E-state index in [1.165, 1.54) is 6.07 Å². The molecular formula is C21H29BClN5O4Si. The third kappa shape index (κ3) is 4.97. The Morgan fingerprint density at radius 3 is 2.88 bits per heavy atom. The molecule has 0 aliphatic carbocycles. The van der Waals surface area contributed by atoms with Crippen LogP contribution in [0.2, 0.25) is 30.7 Å². The molecule has 1 aromatic heterocycles. The summed E-state index contributed by atoms with van der Waals surface area (Å²) < 4.78 is 13.8. The van der Waals surface area contributed by atoms with Crippen LogP contribution in [-0.4, -0.2) is 53.0 Å². The highest BCUT2D eigenvalue weighted by Gasteiger charge is 2.28. The summed E-state index contributed by atoms with van der Waals surface area (Å²) in [4.78, 5) is 10.8. The molecule has 3 heterocycles. The topological polar surface area (TPSA) is 104 Å². The minimum Gasteiger partial charge on any atom is -0.463 e. The summed E-state index contributed by atoms with van der Waals surface area (Å²) in [6, 6.07) is 2.52. The Bertz CT molecular complexity index is 1180. The fourth-order valence-corrected chi connectivity index (χ4v) is 4.90. The molecular weight excluding hydrogens is 461 g/mol. The van der Waals surface area contributed by atoms with Crippen molar-refractivity contribution in [1.29, 1.82) is 0 Å². The number of nitrogens with zero attached hydrogens (tertiary/aromatic N) is 4. The van der Waals surface area contributed by atoms with Gasteiger partial charge in [0.2, 0.25) is 0 Å². The van der Waals surface area contributed by atoms with Crippen molar-refractivity contribution < 1.29 is 19.5 Å². The molecule has 4 rings (SSSR count). The SMILES string of the molecule is CC(c1cncn1COCC[Si](C)(C)C)N1C=COc2cc(B(O)O)c(Cl)c3c2=C1NCN=3. The van der Waals surface area contributed by atoms with Crippen molar-refractivity contribution in [3.05, 3.63) is 52.3 Å². The lowest BCUT2D eigenvalue weighted by atomic mass is 9.79. The van der Waals surface area contributed by atoms with Crippen LogP contribution < -0.4 is 26.1 Å². The van der Waals surface area contributed by atoms with Crippen LogP contribution in [0.15, 0.2) is 36.0 Å². The largest absolute Gasteiger partial charge is 0.490 e. The van der Waals surface area contributed by atoms with E-state index >= 15 is 0 Å². The number of rotatable bonds is 8. The maximum atomic E-state index is 9.71. The number of hydrogen-bond acceptors (Lipinski definition) is 8. The standard InChI is InChI=1S/C21H29BClN5O4Si/c1-14(16-10-24-12-27(16)13-31-7-8-33(2,3)4)28-5-6-32-17-9-15(22(29)30)19(23)20-18(17)21(28)26-11-25-20/h5-6,9-10,12,14,26,29-30H,7-8,11,13H2,1-4H3. The summed E-state index contributed by atoms with van der Waals surface area (Å²) >= 11 is 6.47. The van der Waals surface area contributed by atoms with E-state index in [2.05, 4.69) is 41.9 Å². The second-order valence-corrected chi connectivity index (χ2v) is 15.3. The number of benzene rings is 1. The summed E-state index contributed by atoms with van der Waals surface area (Å²) in [5.41, 5.74) is 1.13. The van der Waals surface area contributed by atoms with Gasteiger partial charge in [-0.15, -0.1) is 0 Å². The molecule has 0 radical (unpaired) electrons. The lowest BCUT2D eigenvalue weighted by Crippen LogP contribution is -2.48. The quantitative estimate of drug-likeness (QED) is 0.370. The first-order valence-corrected chi connectivity index (χ1v) is 15.0. The first-order valence-electron chi connectivity index (χ1n) is 10.9. The molecule has 12 heteroatoms. The Morgan fingerprint density at radius 2 is 2.15 bits per heavy atom. The van der Waals surface area contributed by atoms with Crippen LogP contribution >= 0.6 is 11.6 Å². The van der Waals surface area contributed by atoms with Gasteiger partial charge in [-0.3, -0.25) is 4.99 Å². The van der Waals surface area contributed by atoms with Crippen molar-refractivity contribution in [1.82, 2.24) is 19.8 Å². The third-order valence-electron chi connectivity index (χ3n) is 5.72. The highest BCUT2D eigenvalue weighted by atomic mass is 35.5. The number of nitrogens with one attached hydrogen (secondary N) is 1. The molecule has 176 valence electrons. The van der Waals surface area contributed by atoms with Gasteiger partial charge in [0.1, 0.15) is 31.2 Å². The predicted molar refractivity (Wildman–Crippen MR) is 130 cm³/mol. The van der Waals surface area contributed by atoms with Gasteiger partial charge in [0, 0.05) is 26.3 Å². The van der Waals surface area contributed by atoms with E-state index < -0.39 is 15.2 Å². The summed E-state index contributed by atoms with van der Waals surface area (Å²) in [5.74, 6) is 1.21. The first-order chi connectivity index (χ1) is 15.7. The summed E-state index contributed by atoms with van der Waals surface area (Å²) in [7, 11) is -2.88. The van der Waals surface area contributed by atoms with Crippen LogP contribution in [0, 0.1) is 0 Å². The van der Waals surface area contributed by atoms with Crippen LogP contribution in [-0.2, 0) is 11.5 Å². The number of ether oxygens (including phenoxy) is 2. The molecule has 0 fully saturated rings. The molecule has 1 aromatic carbocycles. The van der Waals surface area contributed by atoms with Crippen molar-refractivity contribution in [3.8, 4) is 5.75 Å². The van der Waals surface area contributed by atoms with Gasteiger partial charge >= 0.3 is 7.12 Å². The molecule has 2 aliphatic rings. The molecule has 0 amide bonds. The van der Waals surface area contributed by atoms with E-state index in [1.807, 2.05) is 21.9 Å². The third-order valence-corrected chi connectivity index (χ3v) is 7.82. The Morgan fingerprint density at radius 1 is 1.36 bits per heavy atom. The average Bonchev–Trinajstić information content (AvgIpc) is 3.14. The van der Waals surface area contributed by atoms with Crippen molar-refractivity contribution in [2.45, 2.75) is 45.4 Å². The van der Waals surface area contributed by atoms with Crippen LogP contribution in [0.5, 0.6) is 5.75 Å². The van der Waals surface area contributed by atoms with E-state index in [-0.39, 0.29) is 16.5 Å². The number of aromatic nitrogens is 2. The summed E-state index contributed by atoms with van der Waals surface area (Å²) in [5, 5.41) is 24.1. The molecule has 33 heavy (non-hydrogen) atoms. The van der Waals surface area contributed by atoms with Crippen molar-refractivity contribution in [2.24, 2.45) is 4.99 Å². The molecule has 0 bridgehead atoms. The zero-order chi connectivity index (χ0) is 23.8. The minimum atomic E-state index is -1.73. The van der Waals surface area contributed by atoms with E-state index in [4.69, 9.17) is 21.1 Å². The molecule has 0 spiro atoms. The molecule has 9 nitrogen and oxygen atoms in total. The van der Waals surface area contributed by atoms with Crippen LogP contribution in [0.25, 0.3) is 5.82 Å². The van der Waals surface area contributed by atoms with Gasteiger partial charge in [-0.1, -0.05) is 31.2 Å². The van der Waals surface area contributed by atoms with Crippen molar-refractivity contribution in [2.75, 3.05) is 13.3 Å². The second-order valence-electron chi connectivity index (χ2n) is 9.34. The molecule has 3 N–H and O–H groups in total. The van der Waals surface area contributed by atoms with Gasteiger partial charge in [-0.05, 0) is 19.0 Å². The molecule has 2 aromatic rings. The van der Waals surface area contributed by atoms with Crippen molar-refractivity contribution in [3.63, 3.8) is 0 Å². The Labute approximate surface area is 199 Å². The maximum absolute atomic E-state index is 9.71. The molecule has 0 saturated heterocycles. The van der Waals surface area contributed by atoms with Gasteiger partial charge in [0.05, 0.1) is 39.9 Å². The normalized spacial score (nSPS) is 15.8. The molecule has 1 unspecified atom stereocenters. The minimum absolute atomic E-state index is 0.116. The number of halogens is 1. The number of imidazole rings is 1. The monoisotopic (exact) mass is 489 g/mol. The second kappa shape index (κ2) is 9.51. The predicted octanol–water partition coefficient (Wildman–Crippen LogP) is 0.701. The van der Waals surface area contributed by atoms with E-state index in [0.717, 1.165) is 24.2 Å². The van der Waals surface area contributed by atoms with E-state index in [1.54, 1.807) is 12.6 Å². The zero-order valence-corrected chi connectivity index (χ0v) is 21.0. The summed E-state index contributed by atoms with van der Waals surface area (Å²) in [6.07, 6.45) is 7.00. The fraction of sp³-hybridized carbons (Fsp3) is 0.429. The maximum Gasteiger partial charge on any atom is 0.490 e. The lowest BCUT2D eigenvalue weighted by molar-refractivity contribution is 0.0833. The summed E-state index contributed by atoms with van der Waals surface area (Å²) in [6.45, 7) is 10.5. The Kier molecular flexibility index (Phi) is 6.87. The Hall–Kier alpha value is -2.31. The van der Waals surface area contributed by atoms with Crippen LogP contribution in [0.4, 0.5) is 0 Å². The fourth-order valence-electron chi connectivity index (χ4n) is 3.84. The van der Waals surface area contributed by atoms with Gasteiger partial charge in [0.15, 0.2) is 0 Å².